The summed E-state index contributed by atoms with van der Waals surface area (Å²) in [5.74, 6) is 6.34. The maximum Gasteiger partial charge on any atom is 0.169 e. The summed E-state index contributed by atoms with van der Waals surface area (Å²) in [6.45, 7) is 0. The fourth-order valence-electron chi connectivity index (χ4n) is 2.98. The Hall–Kier alpha value is -1.13. The topological polar surface area (TPSA) is 47.3 Å². The number of hydrogen-bond acceptors (Lipinski definition) is 3. The first kappa shape index (κ1) is 14.3. The molecule has 0 bridgehead atoms. The van der Waals surface area contributed by atoms with E-state index in [1.54, 1.807) is 18.2 Å². The van der Waals surface area contributed by atoms with Crippen LogP contribution in [0.15, 0.2) is 18.2 Å². The summed E-state index contributed by atoms with van der Waals surface area (Å²) in [6.07, 6.45) is 7.24. The lowest BCUT2D eigenvalue weighted by Crippen LogP contribution is -2.29. The summed E-state index contributed by atoms with van der Waals surface area (Å²) in [5, 5.41) is 0. The molecule has 4 heteroatoms. The van der Waals surface area contributed by atoms with Gasteiger partial charge in [0, 0.05) is 11.6 Å². The van der Waals surface area contributed by atoms with E-state index < -0.39 is 0 Å². The molecule has 2 rings (SSSR count). The largest absolute Gasteiger partial charge is 0.494 e. The van der Waals surface area contributed by atoms with E-state index in [1.165, 1.54) is 32.8 Å². The van der Waals surface area contributed by atoms with Gasteiger partial charge >= 0.3 is 0 Å². The average molecular weight is 266 g/mol. The smallest absolute Gasteiger partial charge is 0.169 e. The number of rotatable bonds is 6. The Morgan fingerprint density at radius 1 is 1.42 bits per heavy atom. The molecule has 1 aliphatic carbocycles. The van der Waals surface area contributed by atoms with Crippen molar-refractivity contribution in [2.45, 2.75) is 44.6 Å². The van der Waals surface area contributed by atoms with E-state index in [2.05, 4.69) is 5.43 Å². The maximum absolute atomic E-state index is 14.2. The van der Waals surface area contributed by atoms with E-state index in [0.717, 1.165) is 18.8 Å². The van der Waals surface area contributed by atoms with Crippen LogP contribution in [0.1, 0.15) is 50.1 Å². The van der Waals surface area contributed by atoms with Gasteiger partial charge in [0.25, 0.3) is 0 Å². The van der Waals surface area contributed by atoms with Gasteiger partial charge in [-0.2, -0.15) is 0 Å². The molecule has 1 aromatic rings. The van der Waals surface area contributed by atoms with Crippen LogP contribution in [0.5, 0.6) is 5.75 Å². The zero-order valence-corrected chi connectivity index (χ0v) is 11.5. The van der Waals surface area contributed by atoms with Crippen LogP contribution in [-0.2, 0) is 0 Å². The molecule has 0 heterocycles. The molecule has 1 fully saturated rings. The second-order valence-electron chi connectivity index (χ2n) is 5.31. The highest BCUT2D eigenvalue weighted by atomic mass is 19.1. The minimum atomic E-state index is -0.306. The van der Waals surface area contributed by atoms with Crippen molar-refractivity contribution in [2.75, 3.05) is 7.11 Å². The number of methoxy groups -OCH3 is 1. The molecule has 0 radical (unpaired) electrons. The molecular formula is C15H23FN2O. The van der Waals surface area contributed by atoms with Crippen LogP contribution in [0.4, 0.5) is 4.39 Å². The van der Waals surface area contributed by atoms with Gasteiger partial charge in [0.1, 0.15) is 0 Å². The van der Waals surface area contributed by atoms with Crippen molar-refractivity contribution in [2.24, 2.45) is 11.8 Å². The first-order valence-corrected chi connectivity index (χ1v) is 7.04. The number of hydrazine groups is 1. The summed E-state index contributed by atoms with van der Waals surface area (Å²) >= 11 is 0. The van der Waals surface area contributed by atoms with Crippen molar-refractivity contribution in [3.63, 3.8) is 0 Å². The molecule has 0 amide bonds. The highest BCUT2D eigenvalue weighted by molar-refractivity contribution is 5.33. The second kappa shape index (κ2) is 6.87. The Bertz CT molecular complexity index is 405. The quantitative estimate of drug-likeness (QED) is 0.613. The molecule has 0 saturated heterocycles. The molecule has 1 aromatic carbocycles. The Balaban J connectivity index is 2.03. The van der Waals surface area contributed by atoms with Crippen molar-refractivity contribution in [1.82, 2.24) is 5.43 Å². The summed E-state index contributed by atoms with van der Waals surface area (Å²) in [7, 11) is 1.48. The van der Waals surface area contributed by atoms with Gasteiger partial charge < -0.3 is 4.74 Å². The number of hydrogen-bond donors (Lipinski definition) is 2. The van der Waals surface area contributed by atoms with Crippen molar-refractivity contribution in [3.05, 3.63) is 29.6 Å². The minimum absolute atomic E-state index is 0.143. The van der Waals surface area contributed by atoms with Gasteiger partial charge in [-0.15, -0.1) is 0 Å². The Morgan fingerprint density at radius 3 is 2.79 bits per heavy atom. The van der Waals surface area contributed by atoms with Crippen LogP contribution in [-0.4, -0.2) is 7.11 Å². The third-order valence-corrected chi connectivity index (χ3v) is 4.13. The Kier molecular flexibility index (Phi) is 5.16. The first-order valence-electron chi connectivity index (χ1n) is 7.04. The van der Waals surface area contributed by atoms with E-state index in [0.29, 0.717) is 5.56 Å². The third kappa shape index (κ3) is 3.45. The number of halogens is 1. The lowest BCUT2D eigenvalue weighted by atomic mass is 9.95. The molecule has 3 nitrogen and oxygen atoms in total. The summed E-state index contributed by atoms with van der Waals surface area (Å²) in [4.78, 5) is 0. The Morgan fingerprint density at radius 2 is 2.16 bits per heavy atom. The highest BCUT2D eigenvalue weighted by Gasteiger charge is 2.20. The standard InChI is InChI=1S/C15H23FN2O/c1-19-14-8-4-7-12(15(14)16)13(18-17)10-9-11-5-2-3-6-11/h4,7-8,11,13,18H,2-3,5-6,9-10,17H2,1H3. The second-order valence-corrected chi connectivity index (χ2v) is 5.31. The lowest BCUT2D eigenvalue weighted by Gasteiger charge is -2.19. The van der Waals surface area contributed by atoms with Crippen LogP contribution in [0.2, 0.25) is 0 Å². The summed E-state index contributed by atoms with van der Waals surface area (Å²) < 4.78 is 19.2. The van der Waals surface area contributed by atoms with Crippen LogP contribution >= 0.6 is 0 Å². The van der Waals surface area contributed by atoms with Gasteiger partial charge in [0.05, 0.1) is 7.11 Å². The molecule has 1 atom stereocenters. The number of ether oxygens (including phenoxy) is 1. The zero-order valence-electron chi connectivity index (χ0n) is 11.5. The molecule has 0 aromatic heterocycles. The molecule has 0 spiro atoms. The van der Waals surface area contributed by atoms with Crippen molar-refractivity contribution in [1.29, 1.82) is 0 Å². The van der Waals surface area contributed by atoms with Crippen LogP contribution in [0, 0.1) is 11.7 Å². The SMILES string of the molecule is COc1cccc(C(CCC2CCCC2)NN)c1F. The van der Waals surface area contributed by atoms with Crippen molar-refractivity contribution < 1.29 is 9.13 Å². The predicted octanol–water partition coefficient (Wildman–Crippen LogP) is 3.31. The molecule has 3 N–H and O–H groups in total. The number of nitrogens with two attached hydrogens (primary N) is 1. The molecule has 1 aliphatic rings. The maximum atomic E-state index is 14.2. The van der Waals surface area contributed by atoms with Crippen LogP contribution in [0.25, 0.3) is 0 Å². The predicted molar refractivity (Wildman–Crippen MR) is 74.2 cm³/mol. The van der Waals surface area contributed by atoms with Gasteiger partial charge in [-0.05, 0) is 24.8 Å². The van der Waals surface area contributed by atoms with Gasteiger partial charge in [0.2, 0.25) is 0 Å². The zero-order chi connectivity index (χ0) is 13.7. The fourth-order valence-corrected chi connectivity index (χ4v) is 2.98. The number of nitrogens with one attached hydrogen (secondary N) is 1. The van der Waals surface area contributed by atoms with E-state index in [1.807, 2.05) is 0 Å². The van der Waals surface area contributed by atoms with E-state index >= 15 is 0 Å². The molecule has 1 saturated carbocycles. The van der Waals surface area contributed by atoms with E-state index in [-0.39, 0.29) is 17.6 Å². The van der Waals surface area contributed by atoms with Crippen LogP contribution < -0.4 is 16.0 Å². The van der Waals surface area contributed by atoms with Gasteiger partial charge in [-0.3, -0.25) is 11.3 Å². The Labute approximate surface area is 114 Å². The van der Waals surface area contributed by atoms with Crippen LogP contribution in [0.3, 0.4) is 0 Å². The summed E-state index contributed by atoms with van der Waals surface area (Å²) in [6, 6.07) is 5.06. The van der Waals surface area contributed by atoms with Crippen molar-refractivity contribution in [3.8, 4) is 5.75 Å². The molecule has 1 unspecified atom stereocenters. The monoisotopic (exact) mass is 266 g/mol. The van der Waals surface area contributed by atoms with Gasteiger partial charge in [-0.1, -0.05) is 37.8 Å². The average Bonchev–Trinajstić information content (AvgIpc) is 2.94. The van der Waals surface area contributed by atoms with E-state index in [4.69, 9.17) is 10.6 Å². The molecule has 0 aliphatic heterocycles. The first-order chi connectivity index (χ1) is 9.26. The molecule has 106 valence electrons. The lowest BCUT2D eigenvalue weighted by molar-refractivity contribution is 0.371. The number of benzene rings is 1. The summed E-state index contributed by atoms with van der Waals surface area (Å²) in [5.41, 5.74) is 3.34. The molecule has 19 heavy (non-hydrogen) atoms. The van der Waals surface area contributed by atoms with Crippen molar-refractivity contribution >= 4 is 0 Å². The minimum Gasteiger partial charge on any atom is -0.494 e. The normalized spacial score (nSPS) is 17.6. The highest BCUT2D eigenvalue weighted by Crippen LogP contribution is 2.33. The van der Waals surface area contributed by atoms with Gasteiger partial charge in [-0.25, -0.2) is 4.39 Å². The van der Waals surface area contributed by atoms with Gasteiger partial charge in [0.15, 0.2) is 11.6 Å². The van der Waals surface area contributed by atoms with E-state index in [9.17, 15) is 4.39 Å². The molecular weight excluding hydrogens is 243 g/mol. The third-order valence-electron chi connectivity index (χ3n) is 4.13. The fraction of sp³-hybridized carbons (Fsp3) is 0.600.